The number of ether oxygens (including phenoxy) is 1. The Labute approximate surface area is 144 Å². The summed E-state index contributed by atoms with van der Waals surface area (Å²) >= 11 is 12.4. The maximum Gasteiger partial charge on any atom is 0.165 e. The molecule has 3 aromatic rings. The fourth-order valence-electron chi connectivity index (χ4n) is 2.37. The lowest BCUT2D eigenvalue weighted by molar-refractivity contribution is 0.336. The van der Waals surface area contributed by atoms with Crippen molar-refractivity contribution in [3.05, 3.63) is 64.4 Å². The largest absolute Gasteiger partial charge is 0.494 e. The van der Waals surface area contributed by atoms with Gasteiger partial charge in [-0.25, -0.2) is 0 Å². The van der Waals surface area contributed by atoms with Gasteiger partial charge in [0.25, 0.3) is 0 Å². The molecule has 4 nitrogen and oxygen atoms in total. The molecule has 0 radical (unpaired) electrons. The van der Waals surface area contributed by atoms with E-state index in [0.717, 1.165) is 16.9 Å². The van der Waals surface area contributed by atoms with E-state index in [9.17, 15) is 0 Å². The van der Waals surface area contributed by atoms with Crippen LogP contribution in [0.4, 0.5) is 0 Å². The third-order valence-corrected chi connectivity index (χ3v) is 4.24. The molecule has 0 aliphatic rings. The van der Waals surface area contributed by atoms with E-state index in [1.165, 1.54) is 0 Å². The van der Waals surface area contributed by atoms with Crippen LogP contribution in [0, 0.1) is 0 Å². The van der Waals surface area contributed by atoms with Crippen LogP contribution < -0.4 is 4.74 Å². The molecule has 3 rings (SSSR count). The molecule has 23 heavy (non-hydrogen) atoms. The summed E-state index contributed by atoms with van der Waals surface area (Å²) in [4.78, 5) is 0. The van der Waals surface area contributed by atoms with E-state index < -0.39 is 0 Å². The van der Waals surface area contributed by atoms with Gasteiger partial charge in [0.2, 0.25) is 0 Å². The molecule has 0 spiro atoms. The molecule has 0 atom stereocenters. The molecule has 118 valence electrons. The summed E-state index contributed by atoms with van der Waals surface area (Å²) in [6, 6.07) is 13.4. The Morgan fingerprint density at radius 1 is 1.09 bits per heavy atom. The van der Waals surface area contributed by atoms with Crippen LogP contribution in [-0.2, 0) is 6.54 Å². The van der Waals surface area contributed by atoms with Gasteiger partial charge in [-0.05, 0) is 25.1 Å². The van der Waals surface area contributed by atoms with Gasteiger partial charge in [-0.2, -0.15) is 0 Å². The highest BCUT2D eigenvalue weighted by molar-refractivity contribution is 6.43. The van der Waals surface area contributed by atoms with E-state index in [4.69, 9.17) is 27.9 Å². The van der Waals surface area contributed by atoms with E-state index in [-0.39, 0.29) is 0 Å². The van der Waals surface area contributed by atoms with Gasteiger partial charge >= 0.3 is 0 Å². The molecule has 0 saturated carbocycles. The molecular weight excluding hydrogens is 333 g/mol. The van der Waals surface area contributed by atoms with E-state index in [1.54, 1.807) is 12.4 Å². The van der Waals surface area contributed by atoms with E-state index in [2.05, 4.69) is 10.2 Å². The smallest absolute Gasteiger partial charge is 0.165 e. The lowest BCUT2D eigenvalue weighted by Crippen LogP contribution is -2.04. The van der Waals surface area contributed by atoms with Crippen LogP contribution in [0.25, 0.3) is 11.4 Å². The second kappa shape index (κ2) is 7.02. The minimum Gasteiger partial charge on any atom is -0.494 e. The van der Waals surface area contributed by atoms with Crippen LogP contribution in [0.3, 0.4) is 0 Å². The average Bonchev–Trinajstić information content (AvgIpc) is 3.00. The first-order valence-electron chi connectivity index (χ1n) is 7.23. The molecule has 0 amide bonds. The van der Waals surface area contributed by atoms with Gasteiger partial charge in [0, 0.05) is 11.1 Å². The Kier molecular flexibility index (Phi) is 4.84. The maximum atomic E-state index is 6.30. The van der Waals surface area contributed by atoms with Crippen LogP contribution >= 0.6 is 23.2 Å². The Morgan fingerprint density at radius 2 is 1.91 bits per heavy atom. The van der Waals surface area contributed by atoms with Crippen molar-refractivity contribution in [2.75, 3.05) is 6.61 Å². The van der Waals surface area contributed by atoms with Crippen molar-refractivity contribution >= 4 is 23.2 Å². The molecule has 0 N–H and O–H groups in total. The van der Waals surface area contributed by atoms with Gasteiger partial charge in [-0.15, -0.1) is 10.2 Å². The fourth-order valence-corrected chi connectivity index (χ4v) is 2.76. The van der Waals surface area contributed by atoms with Gasteiger partial charge < -0.3 is 9.30 Å². The number of halogens is 2. The van der Waals surface area contributed by atoms with Crippen molar-refractivity contribution in [3.8, 4) is 17.1 Å². The normalized spacial score (nSPS) is 10.7. The molecule has 0 unspecified atom stereocenters. The van der Waals surface area contributed by atoms with Crippen LogP contribution in [0.15, 0.2) is 48.8 Å². The summed E-state index contributed by atoms with van der Waals surface area (Å²) in [5, 5.41) is 9.17. The lowest BCUT2D eigenvalue weighted by Gasteiger charge is -2.12. The van der Waals surface area contributed by atoms with Gasteiger partial charge in [0.15, 0.2) is 5.82 Å². The fraction of sp³-hybridized carbons (Fsp3) is 0.176. The van der Waals surface area contributed by atoms with Crippen LogP contribution in [0.1, 0.15) is 12.5 Å². The van der Waals surface area contributed by atoms with Crippen molar-refractivity contribution in [1.29, 1.82) is 0 Å². The number of benzene rings is 2. The third-order valence-electron chi connectivity index (χ3n) is 3.42. The molecule has 0 aliphatic heterocycles. The number of hydrogen-bond donors (Lipinski definition) is 0. The zero-order chi connectivity index (χ0) is 16.2. The first-order valence-corrected chi connectivity index (χ1v) is 7.99. The van der Waals surface area contributed by atoms with Crippen molar-refractivity contribution in [2.24, 2.45) is 0 Å². The number of nitrogens with zero attached hydrogens (tertiary/aromatic N) is 3. The first kappa shape index (κ1) is 15.8. The zero-order valence-electron chi connectivity index (χ0n) is 12.5. The van der Waals surface area contributed by atoms with Gasteiger partial charge in [0.05, 0.1) is 23.2 Å². The Balaban J connectivity index is 1.98. The quantitative estimate of drug-likeness (QED) is 0.671. The zero-order valence-corrected chi connectivity index (χ0v) is 14.1. The predicted octanol–water partition coefficient (Wildman–Crippen LogP) is 4.70. The molecular formula is C17H15Cl2N3O. The summed E-state index contributed by atoms with van der Waals surface area (Å²) < 4.78 is 7.60. The Hall–Kier alpha value is -2.04. The summed E-state index contributed by atoms with van der Waals surface area (Å²) in [7, 11) is 0. The Morgan fingerprint density at radius 3 is 2.74 bits per heavy atom. The lowest BCUT2D eigenvalue weighted by atomic mass is 10.1. The van der Waals surface area contributed by atoms with E-state index in [0.29, 0.717) is 29.0 Å². The third kappa shape index (κ3) is 3.33. The predicted molar refractivity (Wildman–Crippen MR) is 92.2 cm³/mol. The molecule has 2 aromatic carbocycles. The average molecular weight is 348 g/mol. The van der Waals surface area contributed by atoms with Crippen LogP contribution in [0.2, 0.25) is 10.0 Å². The number of rotatable bonds is 5. The highest BCUT2D eigenvalue weighted by Gasteiger charge is 2.14. The van der Waals surface area contributed by atoms with Crippen molar-refractivity contribution in [2.45, 2.75) is 13.5 Å². The minimum absolute atomic E-state index is 0.474. The minimum atomic E-state index is 0.474. The monoisotopic (exact) mass is 347 g/mol. The van der Waals surface area contributed by atoms with Crippen molar-refractivity contribution < 1.29 is 4.74 Å². The summed E-state index contributed by atoms with van der Waals surface area (Å²) in [5.74, 6) is 1.52. The molecule has 6 heteroatoms. The summed E-state index contributed by atoms with van der Waals surface area (Å²) in [6.07, 6.45) is 1.68. The SMILES string of the molecule is CCOc1ccccc1Cn1cnnc1-c1cccc(Cl)c1Cl. The van der Waals surface area contributed by atoms with Crippen LogP contribution in [-0.4, -0.2) is 21.4 Å². The number of aromatic nitrogens is 3. The first-order chi connectivity index (χ1) is 11.2. The molecule has 0 bridgehead atoms. The number of para-hydroxylation sites is 1. The molecule has 1 heterocycles. The summed E-state index contributed by atoms with van der Waals surface area (Å²) in [5.41, 5.74) is 1.80. The maximum absolute atomic E-state index is 6.30. The van der Waals surface area contributed by atoms with Crippen LogP contribution in [0.5, 0.6) is 5.75 Å². The highest BCUT2D eigenvalue weighted by atomic mass is 35.5. The van der Waals surface area contributed by atoms with Gasteiger partial charge in [0.1, 0.15) is 12.1 Å². The molecule has 0 saturated heterocycles. The molecule has 0 aliphatic carbocycles. The molecule has 0 fully saturated rings. The van der Waals surface area contributed by atoms with Crippen molar-refractivity contribution in [3.63, 3.8) is 0 Å². The second-order valence-electron chi connectivity index (χ2n) is 4.92. The number of hydrogen-bond acceptors (Lipinski definition) is 3. The van der Waals surface area contributed by atoms with Gasteiger partial charge in [-0.1, -0.05) is 47.5 Å². The summed E-state index contributed by atoms with van der Waals surface area (Å²) in [6.45, 7) is 3.17. The van der Waals surface area contributed by atoms with Crippen molar-refractivity contribution in [1.82, 2.24) is 14.8 Å². The van der Waals surface area contributed by atoms with E-state index in [1.807, 2.05) is 47.9 Å². The van der Waals surface area contributed by atoms with Gasteiger partial charge in [-0.3, -0.25) is 0 Å². The standard InChI is InChI=1S/C17H15Cl2N3O/c1-2-23-15-9-4-3-6-12(15)10-22-11-20-21-17(22)13-7-5-8-14(18)16(13)19/h3-9,11H,2,10H2,1H3. The molecule has 1 aromatic heterocycles. The topological polar surface area (TPSA) is 39.9 Å². The highest BCUT2D eigenvalue weighted by Crippen LogP contribution is 2.32. The Bertz CT molecular complexity index is 817. The second-order valence-corrected chi connectivity index (χ2v) is 5.71. The van der Waals surface area contributed by atoms with E-state index >= 15 is 0 Å².